The zero-order valence-corrected chi connectivity index (χ0v) is 14.2. The number of aromatic nitrogens is 1. The van der Waals surface area contributed by atoms with Crippen molar-refractivity contribution in [1.82, 2.24) is 9.99 Å². The highest BCUT2D eigenvalue weighted by atomic mass is 127. The number of para-hydroxylation sites is 1. The molecule has 0 bridgehead atoms. The van der Waals surface area contributed by atoms with Crippen LogP contribution in [0.1, 0.15) is 10.4 Å². The third-order valence-electron chi connectivity index (χ3n) is 3.09. The van der Waals surface area contributed by atoms with Crippen LogP contribution in [0.2, 0.25) is 0 Å². The minimum Gasteiger partial charge on any atom is -0.318 e. The molecule has 2 aromatic carbocycles. The summed E-state index contributed by atoms with van der Waals surface area (Å²) in [6, 6.07) is 15.5. The van der Waals surface area contributed by atoms with Gasteiger partial charge in [0.1, 0.15) is 0 Å². The number of carbonyl (C=O) groups excluding carboxylic acids is 1. The van der Waals surface area contributed by atoms with Crippen molar-refractivity contribution >= 4 is 50.1 Å². The molecule has 3 rings (SSSR count). The number of hydrogen-bond donors (Lipinski definition) is 1. The van der Waals surface area contributed by atoms with Crippen molar-refractivity contribution in [2.24, 2.45) is 12.1 Å². The average molecular weight is 409 g/mol. The molecule has 6 heteroatoms. The molecule has 1 amide bonds. The van der Waals surface area contributed by atoms with Gasteiger partial charge < -0.3 is 4.57 Å². The SMILES string of the molecule is Cn1/c(=N/NC(=O)c2ccccc2I)sc2ccccc21. The monoisotopic (exact) mass is 409 g/mol. The van der Waals surface area contributed by atoms with E-state index in [0.29, 0.717) is 5.56 Å². The molecular weight excluding hydrogens is 397 g/mol. The molecule has 0 atom stereocenters. The van der Waals surface area contributed by atoms with Crippen LogP contribution in [0, 0.1) is 3.57 Å². The van der Waals surface area contributed by atoms with E-state index in [1.54, 1.807) is 17.4 Å². The van der Waals surface area contributed by atoms with E-state index < -0.39 is 0 Å². The number of aryl methyl sites for hydroxylation is 1. The van der Waals surface area contributed by atoms with Crippen molar-refractivity contribution < 1.29 is 4.79 Å². The Hall–Kier alpha value is -1.67. The lowest BCUT2D eigenvalue weighted by atomic mass is 10.2. The molecule has 0 saturated heterocycles. The summed E-state index contributed by atoms with van der Waals surface area (Å²) in [5, 5.41) is 4.24. The quantitative estimate of drug-likeness (QED) is 0.513. The van der Waals surface area contributed by atoms with Crippen molar-refractivity contribution in [3.8, 4) is 0 Å². The molecule has 0 aliphatic rings. The number of amides is 1. The molecule has 0 aliphatic carbocycles. The summed E-state index contributed by atoms with van der Waals surface area (Å²) in [4.78, 5) is 12.9. The van der Waals surface area contributed by atoms with Crippen molar-refractivity contribution in [3.05, 3.63) is 62.5 Å². The van der Waals surface area contributed by atoms with E-state index in [4.69, 9.17) is 0 Å². The van der Waals surface area contributed by atoms with Crippen LogP contribution in [0.5, 0.6) is 0 Å². The molecule has 1 aromatic heterocycles. The van der Waals surface area contributed by atoms with Crippen LogP contribution in [-0.2, 0) is 7.05 Å². The Morgan fingerprint density at radius 1 is 1.19 bits per heavy atom. The summed E-state index contributed by atoms with van der Waals surface area (Å²) in [7, 11) is 1.94. The molecule has 21 heavy (non-hydrogen) atoms. The number of nitrogens with zero attached hydrogens (tertiary/aromatic N) is 2. The summed E-state index contributed by atoms with van der Waals surface area (Å²) >= 11 is 3.69. The standard InChI is InChI=1S/C15H12IN3OS/c1-19-12-8-4-5-9-13(12)21-15(19)18-17-14(20)10-6-2-3-7-11(10)16/h2-9H,1H3,(H,17,20)/b18-15-. The first-order valence-corrected chi connectivity index (χ1v) is 8.19. The maximum atomic E-state index is 12.2. The second kappa shape index (κ2) is 5.98. The maximum absolute atomic E-state index is 12.2. The first-order valence-electron chi connectivity index (χ1n) is 6.30. The molecule has 1 N–H and O–H groups in total. The smallest absolute Gasteiger partial charge is 0.272 e. The number of carbonyl (C=O) groups is 1. The zero-order valence-electron chi connectivity index (χ0n) is 11.2. The van der Waals surface area contributed by atoms with E-state index >= 15 is 0 Å². The fourth-order valence-electron chi connectivity index (χ4n) is 1.99. The molecule has 0 fully saturated rings. The third kappa shape index (κ3) is 2.86. The lowest BCUT2D eigenvalue weighted by Crippen LogP contribution is -2.23. The number of rotatable bonds is 2. The Labute approximate surface area is 139 Å². The van der Waals surface area contributed by atoms with Gasteiger partial charge >= 0.3 is 0 Å². The van der Waals surface area contributed by atoms with Crippen molar-refractivity contribution in [2.45, 2.75) is 0 Å². The van der Waals surface area contributed by atoms with E-state index in [-0.39, 0.29) is 5.91 Å². The van der Waals surface area contributed by atoms with Crippen molar-refractivity contribution in [1.29, 1.82) is 0 Å². The van der Waals surface area contributed by atoms with Crippen LogP contribution in [0.15, 0.2) is 53.6 Å². The summed E-state index contributed by atoms with van der Waals surface area (Å²) in [5.74, 6) is -0.197. The Morgan fingerprint density at radius 2 is 1.90 bits per heavy atom. The highest BCUT2D eigenvalue weighted by Crippen LogP contribution is 2.15. The maximum Gasteiger partial charge on any atom is 0.272 e. The first-order chi connectivity index (χ1) is 10.2. The molecule has 3 aromatic rings. The molecule has 0 saturated carbocycles. The van der Waals surface area contributed by atoms with Gasteiger partial charge in [-0.3, -0.25) is 4.79 Å². The first kappa shape index (κ1) is 14.3. The second-order valence-corrected chi connectivity index (χ2v) is 6.62. The van der Waals surface area contributed by atoms with E-state index in [0.717, 1.165) is 18.6 Å². The van der Waals surface area contributed by atoms with E-state index in [9.17, 15) is 4.79 Å². The third-order valence-corrected chi connectivity index (χ3v) is 5.14. The zero-order chi connectivity index (χ0) is 14.8. The largest absolute Gasteiger partial charge is 0.318 e. The van der Waals surface area contributed by atoms with Gasteiger partial charge in [-0.1, -0.05) is 35.6 Å². The second-order valence-electron chi connectivity index (χ2n) is 4.44. The molecule has 0 spiro atoms. The molecule has 0 aliphatic heterocycles. The number of fused-ring (bicyclic) bond motifs is 1. The van der Waals surface area contributed by atoms with Gasteiger partial charge in [-0.2, -0.15) is 0 Å². The highest BCUT2D eigenvalue weighted by Gasteiger charge is 2.08. The van der Waals surface area contributed by atoms with Gasteiger partial charge in [0.15, 0.2) is 0 Å². The van der Waals surface area contributed by atoms with E-state index in [1.807, 2.05) is 54.1 Å². The normalized spacial score (nSPS) is 11.8. The highest BCUT2D eigenvalue weighted by molar-refractivity contribution is 14.1. The lowest BCUT2D eigenvalue weighted by Gasteiger charge is -2.01. The summed E-state index contributed by atoms with van der Waals surface area (Å²) < 4.78 is 4.02. The number of nitrogens with one attached hydrogen (secondary N) is 1. The van der Waals surface area contributed by atoms with Gasteiger partial charge in [0.2, 0.25) is 4.80 Å². The average Bonchev–Trinajstić information content (AvgIpc) is 2.82. The van der Waals surface area contributed by atoms with E-state index in [1.165, 1.54) is 0 Å². The van der Waals surface area contributed by atoms with Crippen LogP contribution in [0.25, 0.3) is 10.2 Å². The predicted octanol–water partition coefficient (Wildman–Crippen LogP) is 3.09. The van der Waals surface area contributed by atoms with Crippen molar-refractivity contribution in [2.75, 3.05) is 0 Å². The number of benzene rings is 2. The Kier molecular flexibility index (Phi) is 4.07. The minimum absolute atomic E-state index is 0.197. The van der Waals surface area contributed by atoms with Gasteiger partial charge in [-0.05, 0) is 46.9 Å². The van der Waals surface area contributed by atoms with Crippen LogP contribution in [0.4, 0.5) is 0 Å². The van der Waals surface area contributed by atoms with Gasteiger partial charge in [0.25, 0.3) is 5.91 Å². The molecule has 106 valence electrons. The fraction of sp³-hybridized carbons (Fsp3) is 0.0667. The summed E-state index contributed by atoms with van der Waals surface area (Å²) in [6.45, 7) is 0. The summed E-state index contributed by atoms with van der Waals surface area (Å²) in [5.41, 5.74) is 4.36. The Balaban J connectivity index is 1.93. The van der Waals surface area contributed by atoms with Crippen LogP contribution in [-0.4, -0.2) is 10.5 Å². The Bertz CT molecular complexity index is 882. The molecule has 0 radical (unpaired) electrons. The molecule has 1 heterocycles. The van der Waals surface area contributed by atoms with Gasteiger partial charge in [0, 0.05) is 10.6 Å². The molecular formula is C15H12IN3OS. The Morgan fingerprint density at radius 3 is 2.67 bits per heavy atom. The van der Waals surface area contributed by atoms with Gasteiger partial charge in [-0.15, -0.1) is 5.10 Å². The summed E-state index contributed by atoms with van der Waals surface area (Å²) in [6.07, 6.45) is 0. The van der Waals surface area contributed by atoms with Crippen LogP contribution in [0.3, 0.4) is 0 Å². The number of halogens is 1. The van der Waals surface area contributed by atoms with Crippen LogP contribution < -0.4 is 10.2 Å². The number of thiazole rings is 1. The lowest BCUT2D eigenvalue weighted by molar-refractivity contribution is 0.0952. The van der Waals surface area contributed by atoms with Gasteiger partial charge in [-0.25, -0.2) is 5.43 Å². The van der Waals surface area contributed by atoms with Crippen LogP contribution >= 0.6 is 33.9 Å². The number of hydrogen-bond acceptors (Lipinski definition) is 3. The van der Waals surface area contributed by atoms with E-state index in [2.05, 4.69) is 33.1 Å². The topological polar surface area (TPSA) is 46.4 Å². The molecule has 4 nitrogen and oxygen atoms in total. The predicted molar refractivity (Wildman–Crippen MR) is 93.0 cm³/mol. The van der Waals surface area contributed by atoms with Crippen molar-refractivity contribution in [3.63, 3.8) is 0 Å². The fourth-order valence-corrected chi connectivity index (χ4v) is 3.60. The minimum atomic E-state index is -0.197. The molecule has 0 unspecified atom stereocenters. The van der Waals surface area contributed by atoms with Gasteiger partial charge in [0.05, 0.1) is 15.8 Å².